The van der Waals surface area contributed by atoms with Gasteiger partial charge in [0.05, 0.1) is 0 Å². The molecule has 1 aromatic carbocycles. The molecule has 0 spiro atoms. The second-order valence-electron chi connectivity index (χ2n) is 3.51. The van der Waals surface area contributed by atoms with E-state index in [1.54, 1.807) is 0 Å². The van der Waals surface area contributed by atoms with E-state index in [1.807, 2.05) is 25.1 Å². The molecule has 0 saturated carbocycles. The highest BCUT2D eigenvalue weighted by Crippen LogP contribution is 2.17. The Hall–Kier alpha value is -0.380. The van der Waals surface area contributed by atoms with Crippen molar-refractivity contribution >= 4 is 22.4 Å². The molecule has 1 unspecified atom stereocenters. The third-order valence-corrected chi connectivity index (χ3v) is 3.95. The summed E-state index contributed by atoms with van der Waals surface area (Å²) < 4.78 is 11.6. The summed E-state index contributed by atoms with van der Waals surface area (Å²) in [6, 6.07) is 5.77. The Morgan fingerprint density at radius 1 is 1.47 bits per heavy atom. The summed E-state index contributed by atoms with van der Waals surface area (Å²) in [4.78, 5) is 0. The summed E-state index contributed by atoms with van der Waals surface area (Å²) in [5.41, 5.74) is 7.47. The molecule has 4 heteroatoms. The molecule has 0 aliphatic heterocycles. The van der Waals surface area contributed by atoms with Crippen LogP contribution < -0.4 is 5.73 Å². The van der Waals surface area contributed by atoms with Crippen molar-refractivity contribution < 1.29 is 4.21 Å². The van der Waals surface area contributed by atoms with Crippen molar-refractivity contribution in [2.24, 2.45) is 5.73 Å². The van der Waals surface area contributed by atoms with Crippen molar-refractivity contribution in [1.29, 1.82) is 0 Å². The molecular formula is C11H16ClNOS. The Morgan fingerprint density at radius 3 is 2.80 bits per heavy atom. The largest absolute Gasteiger partial charge is 0.330 e. The maximum absolute atomic E-state index is 11.6. The quantitative estimate of drug-likeness (QED) is 0.865. The number of nitrogens with two attached hydrogens (primary N) is 1. The second-order valence-corrected chi connectivity index (χ2v) is 5.50. The minimum absolute atomic E-state index is 0.595. The molecule has 0 fully saturated rings. The van der Waals surface area contributed by atoms with Gasteiger partial charge in [0.15, 0.2) is 0 Å². The van der Waals surface area contributed by atoms with Crippen LogP contribution in [0, 0.1) is 6.92 Å². The molecule has 0 aliphatic carbocycles. The van der Waals surface area contributed by atoms with E-state index in [0.717, 1.165) is 22.6 Å². The molecule has 2 N–H and O–H groups in total. The average Bonchev–Trinajstić information content (AvgIpc) is 2.20. The van der Waals surface area contributed by atoms with Gasteiger partial charge in [-0.05, 0) is 37.1 Å². The Kier molecular flexibility index (Phi) is 5.29. The van der Waals surface area contributed by atoms with Gasteiger partial charge in [-0.1, -0.05) is 23.7 Å². The van der Waals surface area contributed by atoms with Gasteiger partial charge in [0.1, 0.15) is 0 Å². The zero-order valence-electron chi connectivity index (χ0n) is 8.83. The minimum atomic E-state index is -0.809. The molecule has 1 atom stereocenters. The van der Waals surface area contributed by atoms with Crippen molar-refractivity contribution in [3.05, 3.63) is 34.3 Å². The lowest BCUT2D eigenvalue weighted by Crippen LogP contribution is -2.07. The van der Waals surface area contributed by atoms with Crippen LogP contribution in [0.3, 0.4) is 0 Å². The van der Waals surface area contributed by atoms with E-state index in [0.29, 0.717) is 18.1 Å². The van der Waals surface area contributed by atoms with E-state index in [2.05, 4.69) is 0 Å². The summed E-state index contributed by atoms with van der Waals surface area (Å²) in [6.07, 6.45) is 0.819. The first-order valence-corrected chi connectivity index (χ1v) is 6.80. The van der Waals surface area contributed by atoms with Gasteiger partial charge in [-0.3, -0.25) is 4.21 Å². The summed E-state index contributed by atoms with van der Waals surface area (Å²) in [5.74, 6) is 1.27. The zero-order valence-corrected chi connectivity index (χ0v) is 10.4. The lowest BCUT2D eigenvalue weighted by molar-refractivity contribution is 0.680. The lowest BCUT2D eigenvalue weighted by atomic mass is 10.2. The van der Waals surface area contributed by atoms with Crippen LogP contribution in [0.25, 0.3) is 0 Å². The van der Waals surface area contributed by atoms with Crippen LogP contribution in [0.4, 0.5) is 0 Å². The number of halogens is 1. The molecule has 0 saturated heterocycles. The van der Waals surface area contributed by atoms with Gasteiger partial charge >= 0.3 is 0 Å². The van der Waals surface area contributed by atoms with E-state index in [9.17, 15) is 4.21 Å². The molecule has 0 heterocycles. The fourth-order valence-corrected chi connectivity index (χ4v) is 2.60. The molecule has 1 rings (SSSR count). The van der Waals surface area contributed by atoms with Crippen LogP contribution in [0.5, 0.6) is 0 Å². The molecular weight excluding hydrogens is 230 g/mol. The van der Waals surface area contributed by atoms with Crippen LogP contribution in [-0.2, 0) is 16.6 Å². The summed E-state index contributed by atoms with van der Waals surface area (Å²) in [6.45, 7) is 2.56. The van der Waals surface area contributed by atoms with Gasteiger partial charge in [0.25, 0.3) is 0 Å². The summed E-state index contributed by atoms with van der Waals surface area (Å²) in [7, 11) is -0.809. The Morgan fingerprint density at radius 2 is 2.20 bits per heavy atom. The molecule has 0 amide bonds. The molecule has 15 heavy (non-hydrogen) atoms. The topological polar surface area (TPSA) is 43.1 Å². The third kappa shape index (κ3) is 4.33. The molecule has 0 radical (unpaired) electrons. The summed E-state index contributed by atoms with van der Waals surface area (Å²) in [5, 5.41) is 0.756. The number of hydrogen-bond donors (Lipinski definition) is 1. The van der Waals surface area contributed by atoms with Crippen molar-refractivity contribution in [3.8, 4) is 0 Å². The lowest BCUT2D eigenvalue weighted by Gasteiger charge is -2.04. The molecule has 84 valence electrons. The first-order chi connectivity index (χ1) is 7.13. The maximum Gasteiger partial charge on any atom is 0.0485 e. The van der Waals surface area contributed by atoms with Gasteiger partial charge in [-0.15, -0.1) is 0 Å². The van der Waals surface area contributed by atoms with Crippen molar-refractivity contribution in [2.45, 2.75) is 19.1 Å². The van der Waals surface area contributed by atoms with Crippen LogP contribution in [0.1, 0.15) is 17.5 Å². The minimum Gasteiger partial charge on any atom is -0.330 e. The van der Waals surface area contributed by atoms with Gasteiger partial charge < -0.3 is 5.73 Å². The standard InChI is InChI=1S/C11H16ClNOS/c1-9-7-10(3-4-11(9)12)8-15(14)6-2-5-13/h3-4,7H,2,5-6,8,13H2,1H3. The number of aryl methyl sites for hydroxylation is 1. The fourth-order valence-electron chi connectivity index (χ4n) is 1.30. The monoisotopic (exact) mass is 245 g/mol. The van der Waals surface area contributed by atoms with Crippen LogP contribution >= 0.6 is 11.6 Å². The molecule has 0 aliphatic rings. The molecule has 0 bridgehead atoms. The number of hydrogen-bond acceptors (Lipinski definition) is 2. The predicted molar refractivity (Wildman–Crippen MR) is 66.6 cm³/mol. The highest BCUT2D eigenvalue weighted by Gasteiger charge is 2.03. The molecule has 2 nitrogen and oxygen atoms in total. The predicted octanol–water partition coefficient (Wildman–Crippen LogP) is 2.25. The van der Waals surface area contributed by atoms with E-state index in [4.69, 9.17) is 17.3 Å². The van der Waals surface area contributed by atoms with Crippen molar-refractivity contribution in [3.63, 3.8) is 0 Å². The van der Waals surface area contributed by atoms with Crippen LogP contribution in [-0.4, -0.2) is 16.5 Å². The smallest absolute Gasteiger partial charge is 0.0485 e. The van der Waals surface area contributed by atoms with E-state index < -0.39 is 10.8 Å². The highest BCUT2D eigenvalue weighted by molar-refractivity contribution is 7.84. The summed E-state index contributed by atoms with van der Waals surface area (Å²) >= 11 is 5.91. The van der Waals surface area contributed by atoms with Crippen molar-refractivity contribution in [1.82, 2.24) is 0 Å². The number of benzene rings is 1. The normalized spacial score (nSPS) is 12.7. The second kappa shape index (κ2) is 6.26. The van der Waals surface area contributed by atoms with Gasteiger partial charge in [0, 0.05) is 27.3 Å². The Labute approximate surface area is 98.3 Å². The maximum atomic E-state index is 11.6. The van der Waals surface area contributed by atoms with E-state index in [1.165, 1.54) is 0 Å². The SMILES string of the molecule is Cc1cc(CS(=O)CCCN)ccc1Cl. The first-order valence-electron chi connectivity index (χ1n) is 4.93. The Balaban J connectivity index is 2.57. The average molecular weight is 246 g/mol. The molecule has 1 aromatic rings. The highest BCUT2D eigenvalue weighted by atomic mass is 35.5. The van der Waals surface area contributed by atoms with Crippen LogP contribution in [0.15, 0.2) is 18.2 Å². The van der Waals surface area contributed by atoms with E-state index in [-0.39, 0.29) is 0 Å². The fraction of sp³-hybridized carbons (Fsp3) is 0.455. The zero-order chi connectivity index (χ0) is 11.3. The van der Waals surface area contributed by atoms with Crippen LogP contribution in [0.2, 0.25) is 5.02 Å². The van der Waals surface area contributed by atoms with Gasteiger partial charge in [0.2, 0.25) is 0 Å². The molecule has 0 aromatic heterocycles. The third-order valence-electron chi connectivity index (χ3n) is 2.13. The van der Waals surface area contributed by atoms with Gasteiger partial charge in [-0.2, -0.15) is 0 Å². The first kappa shape index (κ1) is 12.7. The number of rotatable bonds is 5. The van der Waals surface area contributed by atoms with Crippen molar-refractivity contribution in [2.75, 3.05) is 12.3 Å². The van der Waals surface area contributed by atoms with Gasteiger partial charge in [-0.25, -0.2) is 0 Å². The van der Waals surface area contributed by atoms with E-state index >= 15 is 0 Å². The Bertz CT molecular complexity index is 354.